The first-order chi connectivity index (χ1) is 7.02. The molecule has 1 atom stereocenters. The van der Waals surface area contributed by atoms with Crippen LogP contribution in [0.25, 0.3) is 0 Å². The van der Waals surface area contributed by atoms with Crippen LogP contribution in [0.3, 0.4) is 0 Å². The second-order valence-corrected chi connectivity index (χ2v) is 4.17. The van der Waals surface area contributed by atoms with Crippen molar-refractivity contribution in [2.75, 3.05) is 14.2 Å². The molecule has 0 spiro atoms. The standard InChI is InChI=1S/C12H18ClNO/c1-7-6-8(2)10(12(13)14-4)11(15-5)9(7)3/h6,12,14H,1-5H3. The molecule has 3 heteroatoms. The maximum atomic E-state index is 6.21. The highest BCUT2D eigenvalue weighted by Crippen LogP contribution is 2.35. The number of aryl methyl sites for hydroxylation is 2. The summed E-state index contributed by atoms with van der Waals surface area (Å²) >= 11 is 6.21. The first-order valence-electron chi connectivity index (χ1n) is 4.99. The van der Waals surface area contributed by atoms with E-state index < -0.39 is 0 Å². The molecule has 2 nitrogen and oxygen atoms in total. The predicted octanol–water partition coefficient (Wildman–Crippen LogP) is 3.08. The van der Waals surface area contributed by atoms with Gasteiger partial charge in [-0.25, -0.2) is 0 Å². The van der Waals surface area contributed by atoms with E-state index in [9.17, 15) is 0 Å². The fourth-order valence-corrected chi connectivity index (χ4v) is 2.06. The summed E-state index contributed by atoms with van der Waals surface area (Å²) < 4.78 is 5.44. The largest absolute Gasteiger partial charge is 0.496 e. The molecule has 0 saturated carbocycles. The number of methoxy groups -OCH3 is 1. The summed E-state index contributed by atoms with van der Waals surface area (Å²) in [4.78, 5) is 0. The summed E-state index contributed by atoms with van der Waals surface area (Å²) in [6.45, 7) is 6.19. The summed E-state index contributed by atoms with van der Waals surface area (Å²) in [7, 11) is 3.52. The minimum Gasteiger partial charge on any atom is -0.496 e. The lowest BCUT2D eigenvalue weighted by Crippen LogP contribution is -2.13. The molecule has 0 saturated heterocycles. The maximum Gasteiger partial charge on any atom is 0.128 e. The Kier molecular flexibility index (Phi) is 4.00. The Bertz CT molecular complexity index is 363. The van der Waals surface area contributed by atoms with Crippen LogP contribution in [0.5, 0.6) is 5.75 Å². The molecule has 1 unspecified atom stereocenters. The van der Waals surface area contributed by atoms with Crippen LogP contribution in [0.15, 0.2) is 6.07 Å². The van der Waals surface area contributed by atoms with Gasteiger partial charge in [0.1, 0.15) is 11.3 Å². The van der Waals surface area contributed by atoms with Gasteiger partial charge in [-0.2, -0.15) is 0 Å². The van der Waals surface area contributed by atoms with Gasteiger partial charge in [-0.05, 0) is 44.5 Å². The normalized spacial score (nSPS) is 12.7. The van der Waals surface area contributed by atoms with Gasteiger partial charge < -0.3 is 10.1 Å². The SMILES string of the molecule is CNC(Cl)c1c(C)cc(C)c(C)c1OC. The summed E-state index contributed by atoms with van der Waals surface area (Å²) in [5.74, 6) is 0.891. The topological polar surface area (TPSA) is 21.3 Å². The quantitative estimate of drug-likeness (QED) is 0.633. The van der Waals surface area contributed by atoms with Crippen molar-refractivity contribution in [1.29, 1.82) is 0 Å². The van der Waals surface area contributed by atoms with E-state index in [2.05, 4.69) is 32.2 Å². The Morgan fingerprint density at radius 3 is 2.33 bits per heavy atom. The van der Waals surface area contributed by atoms with Crippen LogP contribution in [0.4, 0.5) is 0 Å². The number of benzene rings is 1. The molecular formula is C12H18ClNO. The van der Waals surface area contributed by atoms with Gasteiger partial charge in [-0.15, -0.1) is 11.6 Å². The maximum absolute atomic E-state index is 6.21. The Labute approximate surface area is 96.6 Å². The third kappa shape index (κ3) is 2.27. The summed E-state index contributed by atoms with van der Waals surface area (Å²) in [5.41, 5.74) is 4.36. The third-order valence-corrected chi connectivity index (χ3v) is 3.18. The lowest BCUT2D eigenvalue weighted by Gasteiger charge is -2.19. The van der Waals surface area contributed by atoms with Crippen LogP contribution >= 0.6 is 11.6 Å². The molecule has 1 N–H and O–H groups in total. The van der Waals surface area contributed by atoms with E-state index in [4.69, 9.17) is 16.3 Å². The molecular weight excluding hydrogens is 210 g/mol. The van der Waals surface area contributed by atoms with Crippen LogP contribution in [0.1, 0.15) is 27.8 Å². The van der Waals surface area contributed by atoms with Crippen LogP contribution in [0.2, 0.25) is 0 Å². The zero-order chi connectivity index (χ0) is 11.6. The fourth-order valence-electron chi connectivity index (χ4n) is 1.79. The first-order valence-corrected chi connectivity index (χ1v) is 5.42. The average Bonchev–Trinajstić information content (AvgIpc) is 2.21. The molecule has 0 radical (unpaired) electrons. The van der Waals surface area contributed by atoms with Crippen molar-refractivity contribution in [3.05, 3.63) is 28.3 Å². The van der Waals surface area contributed by atoms with Crippen molar-refractivity contribution in [1.82, 2.24) is 5.32 Å². The van der Waals surface area contributed by atoms with E-state index >= 15 is 0 Å². The highest BCUT2D eigenvalue weighted by molar-refractivity contribution is 6.20. The van der Waals surface area contributed by atoms with Gasteiger partial charge >= 0.3 is 0 Å². The molecule has 0 amide bonds. The summed E-state index contributed by atoms with van der Waals surface area (Å²) in [5, 5.41) is 3.03. The third-order valence-electron chi connectivity index (χ3n) is 2.75. The minimum atomic E-state index is -0.209. The Hall–Kier alpha value is -0.730. The zero-order valence-electron chi connectivity index (χ0n) is 9.94. The van der Waals surface area contributed by atoms with E-state index in [0.29, 0.717) is 0 Å². The highest BCUT2D eigenvalue weighted by atomic mass is 35.5. The van der Waals surface area contributed by atoms with Gasteiger partial charge in [-0.3, -0.25) is 0 Å². The smallest absolute Gasteiger partial charge is 0.128 e. The van der Waals surface area contributed by atoms with Crippen molar-refractivity contribution >= 4 is 11.6 Å². The number of nitrogens with one attached hydrogen (secondary N) is 1. The fraction of sp³-hybridized carbons (Fsp3) is 0.500. The Morgan fingerprint density at radius 1 is 1.27 bits per heavy atom. The molecule has 0 bridgehead atoms. The molecule has 1 aromatic rings. The highest BCUT2D eigenvalue weighted by Gasteiger charge is 2.17. The molecule has 0 aliphatic heterocycles. The lowest BCUT2D eigenvalue weighted by atomic mass is 9.99. The van der Waals surface area contributed by atoms with E-state index in [-0.39, 0.29) is 5.50 Å². The average molecular weight is 228 g/mol. The van der Waals surface area contributed by atoms with Crippen LogP contribution in [-0.2, 0) is 0 Å². The first kappa shape index (κ1) is 12.3. The van der Waals surface area contributed by atoms with Gasteiger partial charge in [-0.1, -0.05) is 6.07 Å². The zero-order valence-corrected chi connectivity index (χ0v) is 10.7. The monoisotopic (exact) mass is 227 g/mol. The molecule has 84 valence electrons. The van der Waals surface area contributed by atoms with Crippen molar-refractivity contribution < 1.29 is 4.74 Å². The molecule has 0 fully saturated rings. The van der Waals surface area contributed by atoms with Gasteiger partial charge in [0, 0.05) is 5.56 Å². The molecule has 1 rings (SSSR count). The van der Waals surface area contributed by atoms with E-state index in [1.165, 1.54) is 5.56 Å². The Balaban J connectivity index is 3.41. The van der Waals surface area contributed by atoms with E-state index in [1.807, 2.05) is 7.05 Å². The number of ether oxygens (including phenoxy) is 1. The summed E-state index contributed by atoms with van der Waals surface area (Å²) in [6, 6.07) is 2.14. The minimum absolute atomic E-state index is 0.209. The van der Waals surface area contributed by atoms with Gasteiger partial charge in [0.15, 0.2) is 0 Å². The Morgan fingerprint density at radius 2 is 1.87 bits per heavy atom. The van der Waals surface area contributed by atoms with Crippen LogP contribution < -0.4 is 10.1 Å². The van der Waals surface area contributed by atoms with Crippen LogP contribution in [-0.4, -0.2) is 14.2 Å². The van der Waals surface area contributed by atoms with Gasteiger partial charge in [0.25, 0.3) is 0 Å². The van der Waals surface area contributed by atoms with Gasteiger partial charge in [0.2, 0.25) is 0 Å². The molecule has 0 aromatic heterocycles. The molecule has 15 heavy (non-hydrogen) atoms. The van der Waals surface area contributed by atoms with E-state index in [0.717, 1.165) is 22.4 Å². The number of halogens is 1. The number of hydrogen-bond acceptors (Lipinski definition) is 2. The van der Waals surface area contributed by atoms with Crippen molar-refractivity contribution in [3.63, 3.8) is 0 Å². The molecule has 0 aliphatic carbocycles. The lowest BCUT2D eigenvalue weighted by molar-refractivity contribution is 0.403. The molecule has 1 aromatic carbocycles. The van der Waals surface area contributed by atoms with Crippen LogP contribution in [0, 0.1) is 20.8 Å². The number of alkyl halides is 1. The number of rotatable bonds is 3. The second kappa shape index (κ2) is 4.86. The van der Waals surface area contributed by atoms with Gasteiger partial charge in [0.05, 0.1) is 7.11 Å². The molecule has 0 heterocycles. The van der Waals surface area contributed by atoms with E-state index in [1.54, 1.807) is 7.11 Å². The summed E-state index contributed by atoms with van der Waals surface area (Å²) in [6.07, 6.45) is 0. The van der Waals surface area contributed by atoms with Crippen molar-refractivity contribution in [2.45, 2.75) is 26.3 Å². The second-order valence-electron chi connectivity index (χ2n) is 3.73. The van der Waals surface area contributed by atoms with Crippen molar-refractivity contribution in [2.24, 2.45) is 0 Å². The van der Waals surface area contributed by atoms with Crippen molar-refractivity contribution in [3.8, 4) is 5.75 Å². The number of hydrogen-bond donors (Lipinski definition) is 1. The molecule has 0 aliphatic rings. The predicted molar refractivity (Wildman–Crippen MR) is 64.9 cm³/mol.